The van der Waals surface area contributed by atoms with E-state index in [1.807, 2.05) is 36.4 Å². The molecule has 1 aromatic rings. The van der Waals surface area contributed by atoms with Crippen LogP contribution in [0.15, 0.2) is 36.9 Å². The summed E-state index contributed by atoms with van der Waals surface area (Å²) in [5.41, 5.74) is 1.17. The molecule has 0 unspecified atom stereocenters. The van der Waals surface area contributed by atoms with Crippen molar-refractivity contribution in [2.45, 2.75) is 0 Å². The largest absolute Gasteiger partial charge is 0.308 e. The molecule has 0 aliphatic carbocycles. The van der Waals surface area contributed by atoms with Crippen LogP contribution < -0.4 is 0 Å². The summed E-state index contributed by atoms with van der Waals surface area (Å²) >= 11 is 0. The third kappa shape index (κ3) is 9.44. The highest BCUT2D eigenvalue weighted by molar-refractivity contribution is 5.45. The van der Waals surface area contributed by atoms with Gasteiger partial charge in [-0.25, -0.2) is 0 Å². The molecule has 1 rings (SSSR count). The molecule has 16 heavy (non-hydrogen) atoms. The van der Waals surface area contributed by atoms with E-state index in [1.54, 1.807) is 0 Å². The molecule has 0 aromatic heterocycles. The summed E-state index contributed by atoms with van der Waals surface area (Å²) in [5, 5.41) is 0. The van der Waals surface area contributed by atoms with Crippen molar-refractivity contribution in [1.82, 2.24) is 9.80 Å². The van der Waals surface area contributed by atoms with Gasteiger partial charge in [0.25, 0.3) is 0 Å². The van der Waals surface area contributed by atoms with Crippen molar-refractivity contribution in [3.8, 4) is 0 Å². The lowest BCUT2D eigenvalue weighted by molar-refractivity contribution is 0.320. The number of likely N-dealkylation sites (N-methyl/N-ethyl adjacent to an activating group) is 2. The Morgan fingerprint density at radius 2 is 1.38 bits per heavy atom. The molecule has 2 heteroatoms. The molecule has 2 nitrogen and oxygen atoms in total. The Morgan fingerprint density at radius 3 is 1.62 bits per heavy atom. The molecule has 0 heterocycles. The fourth-order valence-corrected chi connectivity index (χ4v) is 0.989. The van der Waals surface area contributed by atoms with Crippen molar-refractivity contribution < 1.29 is 0 Å². The number of hydrogen-bond donors (Lipinski definition) is 0. The average molecular weight is 220 g/mol. The Balaban J connectivity index is 0.000000281. The highest BCUT2D eigenvalue weighted by Gasteiger charge is 1.89. The van der Waals surface area contributed by atoms with Crippen molar-refractivity contribution >= 4 is 6.08 Å². The topological polar surface area (TPSA) is 6.48 Å². The summed E-state index contributed by atoms with van der Waals surface area (Å²) < 4.78 is 0. The van der Waals surface area contributed by atoms with Crippen LogP contribution in [-0.2, 0) is 0 Å². The van der Waals surface area contributed by atoms with Gasteiger partial charge in [0.2, 0.25) is 0 Å². The fourth-order valence-electron chi connectivity index (χ4n) is 0.989. The minimum absolute atomic E-state index is 1.15. The molecule has 0 radical (unpaired) electrons. The van der Waals surface area contributed by atoms with Gasteiger partial charge in [0.15, 0.2) is 0 Å². The summed E-state index contributed by atoms with van der Waals surface area (Å²) in [6, 6.07) is 10.0. The van der Waals surface area contributed by atoms with Gasteiger partial charge in [-0.15, -0.1) is 0 Å². The van der Waals surface area contributed by atoms with Gasteiger partial charge in [-0.2, -0.15) is 0 Å². The summed E-state index contributed by atoms with van der Waals surface area (Å²) in [5.74, 6) is 0. The third-order valence-electron chi connectivity index (χ3n) is 2.03. The van der Waals surface area contributed by atoms with E-state index in [0.29, 0.717) is 0 Å². The normalized spacial score (nSPS) is 9.88. The highest BCUT2D eigenvalue weighted by atomic mass is 15.1. The molecule has 0 aliphatic rings. The molecule has 0 aliphatic heterocycles. The Bertz CT molecular complexity index is 257. The van der Waals surface area contributed by atoms with E-state index in [1.165, 1.54) is 5.56 Å². The zero-order valence-electron chi connectivity index (χ0n) is 11.0. The van der Waals surface area contributed by atoms with E-state index in [4.69, 9.17) is 0 Å². The van der Waals surface area contributed by atoms with Crippen LogP contribution >= 0.6 is 0 Å². The molecule has 0 fully saturated rings. The van der Waals surface area contributed by atoms with E-state index >= 15 is 0 Å². The molecule has 0 saturated heterocycles. The lowest BCUT2D eigenvalue weighted by atomic mass is 10.2. The van der Waals surface area contributed by atoms with Gasteiger partial charge in [0.05, 0.1) is 0 Å². The van der Waals surface area contributed by atoms with Gasteiger partial charge in [-0.1, -0.05) is 43.0 Å². The van der Waals surface area contributed by atoms with Crippen molar-refractivity contribution in [3.05, 3.63) is 42.5 Å². The summed E-state index contributed by atoms with van der Waals surface area (Å²) in [4.78, 5) is 4.36. The van der Waals surface area contributed by atoms with Gasteiger partial charge < -0.3 is 9.80 Å². The van der Waals surface area contributed by atoms with Crippen LogP contribution in [0.1, 0.15) is 5.56 Å². The summed E-state index contributed by atoms with van der Waals surface area (Å²) in [6.45, 7) is 5.92. The molecule has 1 aromatic carbocycles. The molecular weight excluding hydrogens is 196 g/mol. The van der Waals surface area contributed by atoms with E-state index in [9.17, 15) is 0 Å². The minimum atomic E-state index is 1.15. The number of nitrogens with zero attached hydrogens (tertiary/aromatic N) is 2. The van der Waals surface area contributed by atoms with Gasteiger partial charge in [-0.3, -0.25) is 0 Å². The van der Waals surface area contributed by atoms with Crippen LogP contribution in [-0.4, -0.2) is 51.1 Å². The van der Waals surface area contributed by atoms with Gasteiger partial charge in [-0.05, 0) is 33.8 Å². The van der Waals surface area contributed by atoms with E-state index < -0.39 is 0 Å². The van der Waals surface area contributed by atoms with E-state index in [0.717, 1.165) is 13.1 Å². The average Bonchev–Trinajstić information content (AvgIpc) is 2.28. The maximum atomic E-state index is 3.63. The Labute approximate surface area is 100 Å². The zero-order chi connectivity index (χ0) is 12.4. The molecular formula is C14H24N2. The highest BCUT2D eigenvalue weighted by Crippen LogP contribution is 1.97. The van der Waals surface area contributed by atoms with Crippen molar-refractivity contribution in [3.63, 3.8) is 0 Å². The molecule has 0 N–H and O–H groups in total. The van der Waals surface area contributed by atoms with Crippen molar-refractivity contribution in [2.75, 3.05) is 41.3 Å². The van der Waals surface area contributed by atoms with Gasteiger partial charge in [0.1, 0.15) is 0 Å². The van der Waals surface area contributed by atoms with Crippen LogP contribution in [0.25, 0.3) is 6.08 Å². The molecule has 0 saturated carbocycles. The predicted octanol–water partition coefficient (Wildman–Crippen LogP) is 2.44. The smallest absolute Gasteiger partial charge is 0.0103 e. The van der Waals surface area contributed by atoms with E-state index in [2.05, 4.69) is 44.6 Å². The number of rotatable bonds is 4. The third-order valence-corrected chi connectivity index (χ3v) is 2.03. The van der Waals surface area contributed by atoms with Gasteiger partial charge in [0, 0.05) is 13.1 Å². The summed E-state index contributed by atoms with van der Waals surface area (Å²) in [6.07, 6.45) is 1.83. The Kier molecular flexibility index (Phi) is 8.49. The lowest BCUT2D eigenvalue weighted by Crippen LogP contribution is -2.25. The van der Waals surface area contributed by atoms with E-state index in [-0.39, 0.29) is 0 Å². The molecule has 0 spiro atoms. The maximum Gasteiger partial charge on any atom is 0.0103 e. The Hall–Kier alpha value is -1.12. The quantitative estimate of drug-likeness (QED) is 0.769. The number of hydrogen-bond acceptors (Lipinski definition) is 2. The molecule has 90 valence electrons. The van der Waals surface area contributed by atoms with Crippen LogP contribution in [0.5, 0.6) is 0 Å². The predicted molar refractivity (Wildman–Crippen MR) is 73.6 cm³/mol. The second-order valence-electron chi connectivity index (χ2n) is 4.22. The monoisotopic (exact) mass is 220 g/mol. The SMILES string of the molecule is C=Cc1ccccc1.CN(C)CCN(C)C. The standard InChI is InChI=1S/C8H8.C6H16N2/c1-2-8-6-4-3-5-7-8;1-7(2)5-6-8(3)4/h2-7H,1H2;5-6H2,1-4H3. The number of benzene rings is 1. The summed E-state index contributed by atoms with van der Waals surface area (Å²) in [7, 11) is 8.35. The van der Waals surface area contributed by atoms with Crippen molar-refractivity contribution in [1.29, 1.82) is 0 Å². The first kappa shape index (κ1) is 14.9. The minimum Gasteiger partial charge on any atom is -0.308 e. The first-order valence-electron chi connectivity index (χ1n) is 5.53. The van der Waals surface area contributed by atoms with Crippen LogP contribution in [0, 0.1) is 0 Å². The molecule has 0 atom stereocenters. The van der Waals surface area contributed by atoms with Crippen LogP contribution in [0.3, 0.4) is 0 Å². The first-order valence-corrected chi connectivity index (χ1v) is 5.53. The van der Waals surface area contributed by atoms with Crippen LogP contribution in [0.2, 0.25) is 0 Å². The fraction of sp³-hybridized carbons (Fsp3) is 0.429. The first-order chi connectivity index (χ1) is 7.56. The molecule has 0 amide bonds. The lowest BCUT2D eigenvalue weighted by Gasteiger charge is -2.13. The zero-order valence-corrected chi connectivity index (χ0v) is 11.0. The van der Waals surface area contributed by atoms with Crippen LogP contribution in [0.4, 0.5) is 0 Å². The van der Waals surface area contributed by atoms with Gasteiger partial charge >= 0.3 is 0 Å². The second-order valence-corrected chi connectivity index (χ2v) is 4.22. The maximum absolute atomic E-state index is 3.63. The molecule has 0 bridgehead atoms. The van der Waals surface area contributed by atoms with Crippen molar-refractivity contribution in [2.24, 2.45) is 0 Å². The second kappa shape index (κ2) is 9.13. The Morgan fingerprint density at radius 1 is 0.938 bits per heavy atom.